The first kappa shape index (κ1) is 18.2. The Hall–Kier alpha value is -2.64. The highest BCUT2D eigenvalue weighted by Gasteiger charge is 2.28. The quantitative estimate of drug-likeness (QED) is 0.831. The Kier molecular flexibility index (Phi) is 6.04. The highest BCUT2D eigenvalue weighted by Crippen LogP contribution is 2.19. The molecule has 3 rings (SSSR count). The van der Waals surface area contributed by atoms with Gasteiger partial charge >= 0.3 is 0 Å². The van der Waals surface area contributed by atoms with E-state index >= 15 is 0 Å². The maximum Gasteiger partial charge on any atom is 0.224 e. The molecule has 0 N–H and O–H groups in total. The van der Waals surface area contributed by atoms with Crippen molar-refractivity contribution in [1.29, 1.82) is 5.26 Å². The maximum atomic E-state index is 12.7. The van der Waals surface area contributed by atoms with Gasteiger partial charge in [-0.15, -0.1) is 0 Å². The fraction of sp³-hybridized carbons (Fsp3) is 0.364. The first-order valence-electron chi connectivity index (χ1n) is 9.24. The normalized spacial score (nSPS) is 18.4. The molecule has 26 heavy (non-hydrogen) atoms. The lowest BCUT2D eigenvalue weighted by Gasteiger charge is -2.31. The summed E-state index contributed by atoms with van der Waals surface area (Å²) in [5, 5.41) is 8.93. The maximum absolute atomic E-state index is 12.7. The van der Waals surface area contributed by atoms with Gasteiger partial charge in [0.15, 0.2) is 0 Å². The summed E-state index contributed by atoms with van der Waals surface area (Å²) >= 11 is 0. The molecule has 4 heteroatoms. The van der Waals surface area contributed by atoms with E-state index < -0.39 is 0 Å². The summed E-state index contributed by atoms with van der Waals surface area (Å²) in [7, 11) is 0. The predicted molar refractivity (Wildman–Crippen MR) is 102 cm³/mol. The van der Waals surface area contributed by atoms with Crippen LogP contribution in [0.4, 0.5) is 0 Å². The van der Waals surface area contributed by atoms with Crippen LogP contribution in [-0.2, 0) is 17.9 Å². The molecule has 4 nitrogen and oxygen atoms in total. The molecule has 1 heterocycles. The smallest absolute Gasteiger partial charge is 0.224 e. The van der Waals surface area contributed by atoms with Gasteiger partial charge in [-0.3, -0.25) is 9.69 Å². The average molecular weight is 347 g/mol. The number of carbonyl (C=O) groups excluding carboxylic acids is 1. The molecular formula is C22H25N3O. The standard InChI is InChI=1S/C22H25N3O/c1-2-21-17-24(15-20-10-8-18(14-23)9-11-20)13-12-22(26)25(21)16-19-6-4-3-5-7-19/h3-11,21H,2,12-13,15-17H2,1H3. The number of rotatable bonds is 5. The summed E-state index contributed by atoms with van der Waals surface area (Å²) in [6, 6.07) is 20.3. The second kappa shape index (κ2) is 8.64. The summed E-state index contributed by atoms with van der Waals surface area (Å²) in [6.45, 7) is 5.31. The molecule has 1 amide bonds. The van der Waals surface area contributed by atoms with E-state index in [9.17, 15) is 4.79 Å². The second-order valence-corrected chi connectivity index (χ2v) is 6.86. The Morgan fingerprint density at radius 3 is 2.38 bits per heavy atom. The molecule has 2 aromatic carbocycles. The van der Waals surface area contributed by atoms with Gasteiger partial charge < -0.3 is 4.90 Å². The number of hydrogen-bond acceptors (Lipinski definition) is 3. The molecule has 0 bridgehead atoms. The number of carbonyl (C=O) groups is 1. The first-order valence-corrected chi connectivity index (χ1v) is 9.24. The highest BCUT2D eigenvalue weighted by molar-refractivity contribution is 5.77. The van der Waals surface area contributed by atoms with Crippen molar-refractivity contribution in [2.45, 2.75) is 38.9 Å². The number of nitrogens with zero attached hydrogens (tertiary/aromatic N) is 3. The summed E-state index contributed by atoms with van der Waals surface area (Å²) in [5.41, 5.74) is 3.04. The van der Waals surface area contributed by atoms with E-state index in [1.165, 1.54) is 11.1 Å². The zero-order chi connectivity index (χ0) is 18.4. The van der Waals surface area contributed by atoms with Gasteiger partial charge in [0.05, 0.1) is 11.6 Å². The van der Waals surface area contributed by atoms with Crippen LogP contribution < -0.4 is 0 Å². The van der Waals surface area contributed by atoms with Crippen molar-refractivity contribution in [2.75, 3.05) is 13.1 Å². The van der Waals surface area contributed by atoms with E-state index in [0.29, 0.717) is 18.5 Å². The van der Waals surface area contributed by atoms with Gasteiger partial charge in [0.1, 0.15) is 0 Å². The van der Waals surface area contributed by atoms with Gasteiger partial charge in [-0.2, -0.15) is 5.26 Å². The van der Waals surface area contributed by atoms with E-state index in [1.54, 1.807) is 0 Å². The lowest BCUT2D eigenvalue weighted by atomic mass is 10.1. The van der Waals surface area contributed by atoms with Crippen molar-refractivity contribution in [2.24, 2.45) is 0 Å². The van der Waals surface area contributed by atoms with Crippen LogP contribution in [0.2, 0.25) is 0 Å². The fourth-order valence-electron chi connectivity index (χ4n) is 3.52. The molecular weight excluding hydrogens is 322 g/mol. The fourth-order valence-corrected chi connectivity index (χ4v) is 3.52. The number of amides is 1. The predicted octanol–water partition coefficient (Wildman–Crippen LogP) is 3.57. The highest BCUT2D eigenvalue weighted by atomic mass is 16.2. The minimum absolute atomic E-state index is 0.226. The summed E-state index contributed by atoms with van der Waals surface area (Å²) in [5.74, 6) is 0.239. The molecule has 1 unspecified atom stereocenters. The third-order valence-electron chi connectivity index (χ3n) is 5.03. The number of benzene rings is 2. The van der Waals surface area contributed by atoms with Crippen LogP contribution in [0, 0.1) is 11.3 Å². The van der Waals surface area contributed by atoms with Crippen LogP contribution in [0.5, 0.6) is 0 Å². The van der Waals surface area contributed by atoms with Crippen molar-refractivity contribution in [3.8, 4) is 6.07 Å². The first-order chi connectivity index (χ1) is 12.7. The van der Waals surface area contributed by atoms with E-state index in [0.717, 1.165) is 26.1 Å². The SMILES string of the molecule is CCC1CN(Cc2ccc(C#N)cc2)CCC(=O)N1Cc1ccccc1. The largest absolute Gasteiger partial charge is 0.334 e. The van der Waals surface area contributed by atoms with Crippen LogP contribution in [0.3, 0.4) is 0 Å². The van der Waals surface area contributed by atoms with Gasteiger partial charge in [0, 0.05) is 38.6 Å². The Bertz CT molecular complexity index is 764. The molecule has 1 aliphatic heterocycles. The number of hydrogen-bond donors (Lipinski definition) is 0. The van der Waals surface area contributed by atoms with Crippen molar-refractivity contribution >= 4 is 5.91 Å². The lowest BCUT2D eigenvalue weighted by molar-refractivity contribution is -0.133. The van der Waals surface area contributed by atoms with E-state index in [1.807, 2.05) is 47.4 Å². The zero-order valence-electron chi connectivity index (χ0n) is 15.3. The van der Waals surface area contributed by atoms with E-state index in [2.05, 4.69) is 30.0 Å². The van der Waals surface area contributed by atoms with Crippen LogP contribution >= 0.6 is 0 Å². The average Bonchev–Trinajstić information content (AvgIpc) is 2.83. The molecule has 2 aromatic rings. The molecule has 1 aliphatic rings. The molecule has 1 atom stereocenters. The van der Waals surface area contributed by atoms with Gasteiger partial charge in [0.2, 0.25) is 5.91 Å². The van der Waals surface area contributed by atoms with Crippen LogP contribution in [-0.4, -0.2) is 34.8 Å². The van der Waals surface area contributed by atoms with Crippen LogP contribution in [0.15, 0.2) is 54.6 Å². The summed E-state index contributed by atoms with van der Waals surface area (Å²) in [4.78, 5) is 17.1. The summed E-state index contributed by atoms with van der Waals surface area (Å²) in [6.07, 6.45) is 1.50. The molecule has 0 spiro atoms. The Labute approximate surface area is 155 Å². The molecule has 1 fully saturated rings. The monoisotopic (exact) mass is 347 g/mol. The van der Waals surface area contributed by atoms with Gasteiger partial charge in [0.25, 0.3) is 0 Å². The minimum atomic E-state index is 0.226. The van der Waals surface area contributed by atoms with Crippen LogP contribution in [0.25, 0.3) is 0 Å². The van der Waals surface area contributed by atoms with Crippen LogP contribution in [0.1, 0.15) is 36.5 Å². The zero-order valence-corrected chi connectivity index (χ0v) is 15.3. The van der Waals surface area contributed by atoms with Crippen molar-refractivity contribution in [3.05, 3.63) is 71.3 Å². The molecule has 134 valence electrons. The van der Waals surface area contributed by atoms with Gasteiger partial charge in [-0.05, 0) is 29.7 Å². The van der Waals surface area contributed by atoms with Gasteiger partial charge in [-0.25, -0.2) is 0 Å². The Morgan fingerprint density at radius 1 is 1.04 bits per heavy atom. The molecule has 0 saturated carbocycles. The van der Waals surface area contributed by atoms with Crippen molar-refractivity contribution in [3.63, 3.8) is 0 Å². The van der Waals surface area contributed by atoms with E-state index in [4.69, 9.17) is 5.26 Å². The molecule has 0 aliphatic carbocycles. The van der Waals surface area contributed by atoms with Gasteiger partial charge in [-0.1, -0.05) is 49.4 Å². The third kappa shape index (κ3) is 4.50. The number of nitriles is 1. The minimum Gasteiger partial charge on any atom is -0.334 e. The molecule has 1 saturated heterocycles. The second-order valence-electron chi connectivity index (χ2n) is 6.86. The van der Waals surface area contributed by atoms with Crippen molar-refractivity contribution in [1.82, 2.24) is 9.80 Å². The van der Waals surface area contributed by atoms with E-state index in [-0.39, 0.29) is 11.9 Å². The molecule has 0 aromatic heterocycles. The Balaban J connectivity index is 1.70. The third-order valence-corrected chi connectivity index (χ3v) is 5.03. The Morgan fingerprint density at radius 2 is 1.73 bits per heavy atom. The lowest BCUT2D eigenvalue weighted by Crippen LogP contribution is -2.42. The summed E-state index contributed by atoms with van der Waals surface area (Å²) < 4.78 is 0. The molecule has 0 radical (unpaired) electrons. The van der Waals surface area contributed by atoms with Crippen molar-refractivity contribution < 1.29 is 4.79 Å². The topological polar surface area (TPSA) is 47.3 Å².